The largest absolute Gasteiger partial charge is 0.364 e. The lowest BCUT2D eigenvalue weighted by atomic mass is 9.89. The van der Waals surface area contributed by atoms with Gasteiger partial charge in [0.2, 0.25) is 5.91 Å². The fourth-order valence-electron chi connectivity index (χ4n) is 3.32. The average Bonchev–Trinajstić information content (AvgIpc) is 3.12. The number of rotatable bonds is 5. The van der Waals surface area contributed by atoms with Crippen molar-refractivity contribution >= 4 is 11.8 Å². The molecule has 0 bridgehead atoms. The lowest BCUT2D eigenvalue weighted by molar-refractivity contribution is -0.137. The zero-order valence-electron chi connectivity index (χ0n) is 14.6. The number of aromatic nitrogens is 3. The van der Waals surface area contributed by atoms with Gasteiger partial charge < -0.3 is 10.6 Å². The van der Waals surface area contributed by atoms with E-state index in [0.29, 0.717) is 13.1 Å². The first-order valence-electron chi connectivity index (χ1n) is 8.74. The van der Waals surface area contributed by atoms with Crippen molar-refractivity contribution in [3.63, 3.8) is 0 Å². The monoisotopic (exact) mass is 361 g/mol. The van der Waals surface area contributed by atoms with Crippen molar-refractivity contribution in [2.75, 3.05) is 13.1 Å². The third-order valence-corrected chi connectivity index (χ3v) is 4.82. The van der Waals surface area contributed by atoms with Crippen molar-refractivity contribution < 1.29 is 9.59 Å². The van der Waals surface area contributed by atoms with Gasteiger partial charge in [0.05, 0.1) is 18.2 Å². The lowest BCUT2D eigenvalue weighted by Gasteiger charge is -2.40. The van der Waals surface area contributed by atoms with E-state index in [9.17, 15) is 9.59 Å². The van der Waals surface area contributed by atoms with E-state index < -0.39 is 5.91 Å². The van der Waals surface area contributed by atoms with Crippen LogP contribution in [0.5, 0.6) is 0 Å². The van der Waals surface area contributed by atoms with Crippen molar-refractivity contribution in [1.29, 1.82) is 0 Å². The molecule has 0 radical (unpaired) electrons. The molecule has 0 saturated carbocycles. The second-order valence-electron chi connectivity index (χ2n) is 6.60. The number of benzene rings is 2. The first-order chi connectivity index (χ1) is 13.1. The molecule has 2 heterocycles. The molecule has 2 N–H and O–H groups in total. The Labute approximate surface area is 156 Å². The second kappa shape index (κ2) is 7.03. The number of primary amides is 1. The predicted octanol–water partition coefficient (Wildman–Crippen LogP) is 1.59. The van der Waals surface area contributed by atoms with Gasteiger partial charge >= 0.3 is 0 Å². The van der Waals surface area contributed by atoms with Crippen LogP contribution >= 0.6 is 0 Å². The van der Waals surface area contributed by atoms with Gasteiger partial charge in [-0.25, -0.2) is 4.68 Å². The summed E-state index contributed by atoms with van der Waals surface area (Å²) in [4.78, 5) is 26.2. The van der Waals surface area contributed by atoms with E-state index in [1.807, 2.05) is 60.7 Å². The minimum absolute atomic E-state index is 0.00162. The molecule has 3 aromatic rings. The lowest BCUT2D eigenvalue weighted by Crippen LogP contribution is -2.52. The normalized spacial score (nSPS) is 14.2. The maximum absolute atomic E-state index is 13.2. The highest BCUT2D eigenvalue weighted by Gasteiger charge is 2.37. The number of likely N-dealkylation sites (tertiary alicyclic amines) is 1. The molecule has 2 aromatic carbocycles. The molecule has 1 aliphatic heterocycles. The van der Waals surface area contributed by atoms with Crippen LogP contribution in [0.1, 0.15) is 33.6 Å². The van der Waals surface area contributed by atoms with E-state index >= 15 is 0 Å². The number of amides is 2. The molecule has 0 aliphatic carbocycles. The molecular weight excluding hydrogens is 342 g/mol. The smallest absolute Gasteiger partial charge is 0.270 e. The van der Waals surface area contributed by atoms with Crippen molar-refractivity contribution in [3.8, 4) is 0 Å². The van der Waals surface area contributed by atoms with Gasteiger partial charge in [-0.05, 0) is 11.1 Å². The van der Waals surface area contributed by atoms with Gasteiger partial charge in [0.15, 0.2) is 5.69 Å². The highest BCUT2D eigenvalue weighted by atomic mass is 16.2. The van der Waals surface area contributed by atoms with Gasteiger partial charge in [-0.3, -0.25) is 9.59 Å². The summed E-state index contributed by atoms with van der Waals surface area (Å²) < 4.78 is 1.60. The van der Waals surface area contributed by atoms with Crippen molar-refractivity contribution in [1.82, 2.24) is 19.9 Å². The molecule has 136 valence electrons. The van der Waals surface area contributed by atoms with Crippen molar-refractivity contribution in [2.24, 2.45) is 5.73 Å². The third-order valence-electron chi connectivity index (χ3n) is 4.82. The Morgan fingerprint density at radius 1 is 0.963 bits per heavy atom. The summed E-state index contributed by atoms with van der Waals surface area (Å²) in [6.07, 6.45) is 1.53. The highest BCUT2D eigenvalue weighted by Crippen LogP contribution is 2.31. The minimum atomic E-state index is -0.610. The molecule has 1 fully saturated rings. The van der Waals surface area contributed by atoms with Crippen LogP contribution in [0, 0.1) is 0 Å². The number of hydrogen-bond acceptors (Lipinski definition) is 4. The molecule has 7 nitrogen and oxygen atoms in total. The number of nitrogens with zero attached hydrogens (tertiary/aromatic N) is 4. The van der Waals surface area contributed by atoms with Crippen LogP contribution < -0.4 is 5.73 Å². The number of carbonyl (C=O) groups is 2. The van der Waals surface area contributed by atoms with Crippen LogP contribution in [0.4, 0.5) is 0 Å². The van der Waals surface area contributed by atoms with E-state index in [0.717, 1.165) is 11.1 Å². The molecule has 27 heavy (non-hydrogen) atoms. The Morgan fingerprint density at radius 2 is 1.52 bits per heavy atom. The Morgan fingerprint density at radius 3 is 2.00 bits per heavy atom. The fraction of sp³-hybridized carbons (Fsp3) is 0.200. The molecule has 1 saturated heterocycles. The molecule has 0 atom stereocenters. The average molecular weight is 361 g/mol. The molecule has 0 unspecified atom stereocenters. The summed E-state index contributed by atoms with van der Waals surface area (Å²) in [6, 6.07) is 19.6. The summed E-state index contributed by atoms with van der Waals surface area (Å²) in [7, 11) is 0. The van der Waals surface area contributed by atoms with Gasteiger partial charge in [0, 0.05) is 13.1 Å². The van der Waals surface area contributed by atoms with Gasteiger partial charge in [-0.1, -0.05) is 65.9 Å². The van der Waals surface area contributed by atoms with Gasteiger partial charge in [-0.2, -0.15) is 0 Å². The van der Waals surface area contributed by atoms with Crippen LogP contribution in [0.15, 0.2) is 66.9 Å². The maximum atomic E-state index is 13.2. The van der Waals surface area contributed by atoms with Crippen LogP contribution in [0.3, 0.4) is 0 Å². The van der Waals surface area contributed by atoms with Gasteiger partial charge in [0.25, 0.3) is 5.91 Å². The van der Waals surface area contributed by atoms with Crippen molar-refractivity contribution in [2.45, 2.75) is 12.0 Å². The van der Waals surface area contributed by atoms with Crippen LogP contribution in [-0.4, -0.2) is 44.8 Å². The van der Waals surface area contributed by atoms with Crippen LogP contribution in [0.25, 0.3) is 0 Å². The van der Waals surface area contributed by atoms with E-state index in [-0.39, 0.29) is 23.6 Å². The van der Waals surface area contributed by atoms with Crippen molar-refractivity contribution in [3.05, 3.63) is 83.7 Å². The molecule has 0 spiro atoms. The maximum Gasteiger partial charge on any atom is 0.270 e. The topological polar surface area (TPSA) is 94.1 Å². The first kappa shape index (κ1) is 17.0. The fourth-order valence-corrected chi connectivity index (χ4v) is 3.32. The Bertz CT molecular complexity index is 909. The summed E-state index contributed by atoms with van der Waals surface area (Å²) in [5.74, 6) is -0.897. The van der Waals surface area contributed by atoms with Crippen LogP contribution in [0.2, 0.25) is 0 Å². The van der Waals surface area contributed by atoms with Gasteiger partial charge in [-0.15, -0.1) is 5.10 Å². The molecule has 7 heteroatoms. The zero-order chi connectivity index (χ0) is 18.8. The molecule has 2 amide bonds. The van der Waals surface area contributed by atoms with E-state index in [1.54, 1.807) is 9.58 Å². The zero-order valence-corrected chi connectivity index (χ0v) is 14.6. The molecular formula is C20H19N5O2. The quantitative estimate of drug-likeness (QED) is 0.747. The standard InChI is InChI=1S/C20H19N5O2/c21-19(26)17-13-25(23-22-17)16-11-24(12-16)20(27)18(14-7-3-1-4-8-14)15-9-5-2-6-10-15/h1-10,13,16,18H,11-12H2,(H2,21,26). The summed E-state index contributed by atoms with van der Waals surface area (Å²) in [6.45, 7) is 1.05. The summed E-state index contributed by atoms with van der Waals surface area (Å²) >= 11 is 0. The van der Waals surface area contributed by atoms with E-state index in [1.165, 1.54) is 6.20 Å². The number of carbonyl (C=O) groups excluding carboxylic acids is 2. The molecule has 1 aliphatic rings. The second-order valence-corrected chi connectivity index (χ2v) is 6.60. The molecule has 1 aromatic heterocycles. The highest BCUT2D eigenvalue weighted by molar-refractivity contribution is 5.90. The Kier molecular flexibility index (Phi) is 4.42. The number of nitrogens with two attached hydrogens (primary N) is 1. The van der Waals surface area contributed by atoms with Gasteiger partial charge in [0.1, 0.15) is 0 Å². The summed E-state index contributed by atoms with van der Waals surface area (Å²) in [5, 5.41) is 7.70. The predicted molar refractivity (Wildman–Crippen MR) is 98.9 cm³/mol. The van der Waals surface area contributed by atoms with E-state index in [4.69, 9.17) is 5.73 Å². The van der Waals surface area contributed by atoms with E-state index in [2.05, 4.69) is 10.3 Å². The molecule has 4 rings (SSSR count). The van der Waals surface area contributed by atoms with Crippen LogP contribution in [-0.2, 0) is 4.79 Å². The number of hydrogen-bond donors (Lipinski definition) is 1. The summed E-state index contributed by atoms with van der Waals surface area (Å²) in [5.41, 5.74) is 7.28. The minimum Gasteiger partial charge on any atom is -0.364 e. The Balaban J connectivity index is 1.52. The first-order valence-corrected chi connectivity index (χ1v) is 8.74. The third kappa shape index (κ3) is 3.31. The Hall–Kier alpha value is -3.48. The SMILES string of the molecule is NC(=O)c1cn(C2CN(C(=O)C(c3ccccc3)c3ccccc3)C2)nn1.